The van der Waals surface area contributed by atoms with Gasteiger partial charge in [-0.15, -0.1) is 0 Å². The molecule has 4 heteroatoms. The van der Waals surface area contributed by atoms with E-state index < -0.39 is 0 Å². The second-order valence-corrected chi connectivity index (χ2v) is 11.6. The number of nitrogens with one attached hydrogen (secondary N) is 1. The Bertz CT molecular complexity index is 2610. The van der Waals surface area contributed by atoms with Crippen LogP contribution in [-0.2, 0) is 0 Å². The number of para-hydroxylation sites is 1. The van der Waals surface area contributed by atoms with E-state index in [1.165, 1.54) is 22.4 Å². The highest BCUT2D eigenvalue weighted by atomic mass is 15.1. The van der Waals surface area contributed by atoms with Gasteiger partial charge in [0.25, 0.3) is 0 Å². The zero-order valence-electron chi connectivity index (χ0n) is 25.9. The summed E-state index contributed by atoms with van der Waals surface area (Å²) in [6.07, 6.45) is 9.45. The molecule has 47 heavy (non-hydrogen) atoms. The summed E-state index contributed by atoms with van der Waals surface area (Å²) >= 11 is 0. The molecule has 6 aromatic carbocycles. The molecule has 1 N–H and O–H groups in total. The van der Waals surface area contributed by atoms with E-state index in [0.717, 1.165) is 55.5 Å². The minimum atomic E-state index is 0.456. The second-order valence-electron chi connectivity index (χ2n) is 11.6. The first kappa shape index (κ1) is 28.1. The fourth-order valence-corrected chi connectivity index (χ4v) is 6.86. The minimum Gasteiger partial charge on any atom is -0.308 e. The van der Waals surface area contributed by atoms with Gasteiger partial charge in [0.1, 0.15) is 0 Å². The molecule has 4 nitrogen and oxygen atoms in total. The molecule has 0 amide bonds. The SMILES string of the molecule is C/C=C\C=C/c1cc2ccccc2n1-c1cc(C#N)c(C=N)cc1-n1c2ccc(-c3ccccc3)cc2c2c3ccccc3ccc21. The summed E-state index contributed by atoms with van der Waals surface area (Å²) < 4.78 is 4.54. The summed E-state index contributed by atoms with van der Waals surface area (Å²) in [6, 6.07) is 46.9. The molecule has 0 saturated carbocycles. The molecule has 0 radical (unpaired) electrons. The van der Waals surface area contributed by atoms with Gasteiger partial charge in [0, 0.05) is 33.6 Å². The van der Waals surface area contributed by atoms with Crippen LogP contribution in [0.5, 0.6) is 0 Å². The lowest BCUT2D eigenvalue weighted by atomic mass is 10.0. The standard InChI is InChI=1S/C43H30N4/c1-2-3-5-16-35-23-32-15-9-11-18-38(32)46(35)41-25-33(27-44)34(28-45)26-42(41)47-39-21-20-31(29-12-6-4-7-13-29)24-37(39)43-36-17-10-8-14-30(36)19-22-40(43)47/h2-26,28,45H,1H3/b3-2-,16-5-,45-28?. The Hall–Kier alpha value is -6.44. The van der Waals surface area contributed by atoms with Gasteiger partial charge in [0.15, 0.2) is 0 Å². The molecule has 0 unspecified atom stereocenters. The van der Waals surface area contributed by atoms with Crippen LogP contribution in [0.3, 0.4) is 0 Å². The van der Waals surface area contributed by atoms with E-state index in [1.54, 1.807) is 0 Å². The Labute approximate surface area is 272 Å². The van der Waals surface area contributed by atoms with Crippen LogP contribution >= 0.6 is 0 Å². The van der Waals surface area contributed by atoms with Crippen LogP contribution in [0, 0.1) is 16.7 Å². The average molecular weight is 603 g/mol. The maximum atomic E-state index is 10.3. The van der Waals surface area contributed by atoms with Crippen LogP contribution in [0.25, 0.3) is 72.1 Å². The largest absolute Gasteiger partial charge is 0.308 e. The molecule has 0 aliphatic heterocycles. The van der Waals surface area contributed by atoms with Crippen molar-refractivity contribution in [1.29, 1.82) is 10.7 Å². The van der Waals surface area contributed by atoms with Crippen LogP contribution in [0.2, 0.25) is 0 Å². The molecular formula is C43H30N4. The Morgan fingerprint density at radius 2 is 1.36 bits per heavy atom. The molecule has 0 aliphatic carbocycles. The number of fused-ring (bicyclic) bond motifs is 6. The number of allylic oxidation sites excluding steroid dienone is 3. The van der Waals surface area contributed by atoms with Gasteiger partial charge in [-0.3, -0.25) is 0 Å². The Balaban J connectivity index is 1.54. The molecule has 2 aromatic heterocycles. The summed E-state index contributed by atoms with van der Waals surface area (Å²) in [6.45, 7) is 2.00. The van der Waals surface area contributed by atoms with Gasteiger partial charge in [-0.2, -0.15) is 5.26 Å². The van der Waals surface area contributed by atoms with Crippen molar-refractivity contribution in [2.45, 2.75) is 6.92 Å². The molecule has 0 saturated heterocycles. The summed E-state index contributed by atoms with van der Waals surface area (Å²) in [5.74, 6) is 0. The molecule has 2 heterocycles. The van der Waals surface area contributed by atoms with Crippen LogP contribution < -0.4 is 0 Å². The summed E-state index contributed by atoms with van der Waals surface area (Å²) in [5, 5.41) is 24.3. The fraction of sp³-hybridized carbons (Fsp3) is 0.0233. The number of nitriles is 1. The van der Waals surface area contributed by atoms with Gasteiger partial charge in [-0.05, 0) is 77.4 Å². The van der Waals surface area contributed by atoms with Crippen molar-refractivity contribution in [3.63, 3.8) is 0 Å². The van der Waals surface area contributed by atoms with E-state index in [4.69, 9.17) is 5.41 Å². The van der Waals surface area contributed by atoms with Crippen LogP contribution in [0.1, 0.15) is 23.7 Å². The predicted octanol–water partition coefficient (Wildman–Crippen LogP) is 11.0. The van der Waals surface area contributed by atoms with E-state index in [0.29, 0.717) is 11.1 Å². The van der Waals surface area contributed by atoms with E-state index in [2.05, 4.69) is 118 Å². The summed E-state index contributed by atoms with van der Waals surface area (Å²) in [5.41, 5.74) is 9.26. The van der Waals surface area contributed by atoms with Crippen LogP contribution in [0.4, 0.5) is 0 Å². The van der Waals surface area contributed by atoms with Crippen molar-refractivity contribution in [2.75, 3.05) is 0 Å². The Kier molecular flexibility index (Phi) is 6.86. The molecule has 8 aromatic rings. The summed E-state index contributed by atoms with van der Waals surface area (Å²) in [7, 11) is 0. The highest BCUT2D eigenvalue weighted by Gasteiger charge is 2.22. The number of hydrogen-bond acceptors (Lipinski definition) is 2. The maximum absolute atomic E-state index is 10.3. The Morgan fingerprint density at radius 1 is 0.617 bits per heavy atom. The van der Waals surface area contributed by atoms with Gasteiger partial charge in [-0.1, -0.05) is 103 Å². The predicted molar refractivity (Wildman–Crippen MR) is 197 cm³/mol. The van der Waals surface area contributed by atoms with Gasteiger partial charge in [0.05, 0.1) is 39.6 Å². The van der Waals surface area contributed by atoms with Crippen molar-refractivity contribution in [2.24, 2.45) is 0 Å². The normalized spacial score (nSPS) is 11.8. The van der Waals surface area contributed by atoms with Crippen molar-refractivity contribution >= 4 is 55.8 Å². The lowest BCUT2D eigenvalue weighted by Crippen LogP contribution is -2.07. The average Bonchev–Trinajstić information content (AvgIpc) is 3.66. The zero-order valence-corrected chi connectivity index (χ0v) is 25.9. The molecule has 0 atom stereocenters. The topological polar surface area (TPSA) is 57.5 Å². The van der Waals surface area contributed by atoms with Gasteiger partial charge >= 0.3 is 0 Å². The van der Waals surface area contributed by atoms with E-state index >= 15 is 0 Å². The van der Waals surface area contributed by atoms with E-state index in [-0.39, 0.29) is 0 Å². The zero-order chi connectivity index (χ0) is 31.9. The van der Waals surface area contributed by atoms with E-state index in [9.17, 15) is 5.26 Å². The summed E-state index contributed by atoms with van der Waals surface area (Å²) in [4.78, 5) is 0. The lowest BCUT2D eigenvalue weighted by Gasteiger charge is -2.19. The number of benzene rings is 6. The second kappa shape index (κ2) is 11.5. The molecule has 0 bridgehead atoms. The number of rotatable bonds is 6. The smallest absolute Gasteiger partial charge is 0.0999 e. The molecule has 0 aliphatic rings. The molecule has 8 rings (SSSR count). The molecule has 0 spiro atoms. The highest BCUT2D eigenvalue weighted by Crippen LogP contribution is 2.41. The van der Waals surface area contributed by atoms with Gasteiger partial charge in [-0.25, -0.2) is 0 Å². The molecule has 0 fully saturated rings. The molecular weight excluding hydrogens is 573 g/mol. The molecule has 222 valence electrons. The van der Waals surface area contributed by atoms with Crippen LogP contribution in [0.15, 0.2) is 146 Å². The minimum absolute atomic E-state index is 0.456. The van der Waals surface area contributed by atoms with Gasteiger partial charge < -0.3 is 14.5 Å². The maximum Gasteiger partial charge on any atom is 0.0999 e. The highest BCUT2D eigenvalue weighted by molar-refractivity contribution is 6.22. The number of aromatic nitrogens is 2. The fourth-order valence-electron chi connectivity index (χ4n) is 6.86. The number of hydrogen-bond donors (Lipinski definition) is 1. The Morgan fingerprint density at radius 3 is 2.17 bits per heavy atom. The van der Waals surface area contributed by atoms with Gasteiger partial charge in [0.2, 0.25) is 0 Å². The first-order valence-corrected chi connectivity index (χ1v) is 15.7. The van der Waals surface area contributed by atoms with Crippen molar-refractivity contribution < 1.29 is 0 Å². The lowest BCUT2D eigenvalue weighted by molar-refractivity contribution is 1.05. The van der Waals surface area contributed by atoms with Crippen LogP contribution in [-0.4, -0.2) is 15.3 Å². The number of nitrogens with zero attached hydrogens (tertiary/aromatic N) is 3. The monoisotopic (exact) mass is 602 g/mol. The first-order valence-electron chi connectivity index (χ1n) is 15.7. The first-order chi connectivity index (χ1) is 23.2. The van der Waals surface area contributed by atoms with Crippen molar-refractivity contribution in [3.8, 4) is 28.6 Å². The third-order valence-corrected chi connectivity index (χ3v) is 8.98. The third kappa shape index (κ3) is 4.57. The third-order valence-electron chi connectivity index (χ3n) is 8.98. The van der Waals surface area contributed by atoms with E-state index in [1.807, 2.05) is 55.5 Å². The van der Waals surface area contributed by atoms with Crippen molar-refractivity contribution in [1.82, 2.24) is 9.13 Å². The van der Waals surface area contributed by atoms with Crippen molar-refractivity contribution in [3.05, 3.63) is 162 Å². The quantitative estimate of drug-likeness (QED) is 0.149.